The van der Waals surface area contributed by atoms with E-state index in [9.17, 15) is 13.2 Å². The van der Waals surface area contributed by atoms with Gasteiger partial charge in [-0.2, -0.15) is 17.7 Å². The summed E-state index contributed by atoms with van der Waals surface area (Å²) in [6.07, 6.45) is 4.55. The zero-order chi connectivity index (χ0) is 28.2. The second-order valence-electron chi connectivity index (χ2n) is 9.57. The monoisotopic (exact) mass is 553 g/mol. The molecule has 0 spiro atoms. The van der Waals surface area contributed by atoms with Crippen LogP contribution in [0.25, 0.3) is 33.6 Å². The minimum Gasteiger partial charge on any atom is -0.741 e. The van der Waals surface area contributed by atoms with Gasteiger partial charge in [-0.3, -0.25) is 0 Å². The summed E-state index contributed by atoms with van der Waals surface area (Å²) in [5.74, 6) is 0. The molecule has 0 radical (unpaired) electrons. The van der Waals surface area contributed by atoms with Crippen molar-refractivity contribution in [2.45, 2.75) is 51.1 Å². The first-order valence-corrected chi connectivity index (χ1v) is 14.3. The molecule has 4 aromatic rings. The largest absolute Gasteiger partial charge is 0.741 e. The van der Waals surface area contributed by atoms with E-state index in [1.165, 1.54) is 57.6 Å². The number of alkyl halides is 3. The molecule has 0 saturated carbocycles. The zero-order valence-corrected chi connectivity index (χ0v) is 22.6. The Labute approximate surface area is 227 Å². The molecule has 4 nitrogen and oxygen atoms in total. The third-order valence-corrected chi connectivity index (χ3v) is 7.46. The molecule has 1 heterocycles. The van der Waals surface area contributed by atoms with E-state index >= 15 is 0 Å². The molecule has 0 N–H and O–H groups in total. The maximum absolute atomic E-state index is 10.7. The molecule has 204 valence electrons. The highest BCUT2D eigenvalue weighted by atomic mass is 32.2. The number of rotatable bonds is 5. The smallest absolute Gasteiger partial charge is 0.485 e. The van der Waals surface area contributed by atoms with Gasteiger partial charge in [-0.1, -0.05) is 73.7 Å². The number of aromatic nitrogens is 1. The van der Waals surface area contributed by atoms with Gasteiger partial charge in [0.05, 0.1) is 0 Å². The summed E-state index contributed by atoms with van der Waals surface area (Å²) < 4.78 is 61.5. The van der Waals surface area contributed by atoms with Gasteiger partial charge in [0.25, 0.3) is 0 Å². The van der Waals surface area contributed by atoms with Gasteiger partial charge in [-0.15, -0.1) is 0 Å². The number of nitrogens with zero attached hydrogens (tertiary/aromatic N) is 1. The van der Waals surface area contributed by atoms with Crippen molar-refractivity contribution < 1.29 is 30.7 Å². The molecule has 5 rings (SSSR count). The summed E-state index contributed by atoms with van der Waals surface area (Å²) in [5, 5.41) is 0. The van der Waals surface area contributed by atoms with Crippen molar-refractivity contribution in [3.8, 4) is 33.6 Å². The Morgan fingerprint density at radius 3 is 1.95 bits per heavy atom. The maximum Gasteiger partial charge on any atom is 0.485 e. The molecular formula is C31H30F3NO3S. The molecule has 1 aromatic heterocycles. The minimum absolute atomic E-state index is 0.435. The van der Waals surface area contributed by atoms with E-state index in [2.05, 4.69) is 109 Å². The van der Waals surface area contributed by atoms with Gasteiger partial charge in [0.2, 0.25) is 11.4 Å². The second-order valence-corrected chi connectivity index (χ2v) is 10.9. The molecule has 0 fully saturated rings. The SMILES string of the molecule is CCCC(C)[n+]1c(-c2ccccc2)cc(-c2ccccc2)c2c1-c1ccccc1CC2.O=S(=O)([O-])C(F)(F)F. The molecule has 0 bridgehead atoms. The van der Waals surface area contributed by atoms with Gasteiger partial charge in [0.1, 0.15) is 0 Å². The Balaban J connectivity index is 0.000000386. The fourth-order valence-corrected chi connectivity index (χ4v) is 5.17. The first-order valence-electron chi connectivity index (χ1n) is 12.9. The van der Waals surface area contributed by atoms with Crippen molar-refractivity contribution in [3.63, 3.8) is 0 Å². The van der Waals surface area contributed by atoms with Gasteiger partial charge in [-0.25, -0.2) is 8.42 Å². The van der Waals surface area contributed by atoms with Crippen molar-refractivity contribution in [3.05, 3.63) is 102 Å². The Morgan fingerprint density at radius 1 is 0.846 bits per heavy atom. The average molecular weight is 554 g/mol. The average Bonchev–Trinajstić information content (AvgIpc) is 2.92. The Bertz CT molecular complexity index is 1540. The quantitative estimate of drug-likeness (QED) is 0.146. The lowest BCUT2D eigenvalue weighted by molar-refractivity contribution is -0.700. The van der Waals surface area contributed by atoms with E-state index < -0.39 is 15.6 Å². The summed E-state index contributed by atoms with van der Waals surface area (Å²) in [6, 6.07) is 33.7. The number of hydrogen-bond acceptors (Lipinski definition) is 3. The molecule has 1 aliphatic rings. The molecule has 0 aliphatic heterocycles. The summed E-state index contributed by atoms with van der Waals surface area (Å²) >= 11 is 0. The number of benzene rings is 3. The molecule has 1 aliphatic carbocycles. The molecule has 0 amide bonds. The summed E-state index contributed by atoms with van der Waals surface area (Å²) in [5.41, 5.74) is 5.43. The van der Waals surface area contributed by atoms with Crippen molar-refractivity contribution in [2.24, 2.45) is 0 Å². The van der Waals surface area contributed by atoms with E-state index in [-0.39, 0.29) is 0 Å². The number of aryl methyl sites for hydroxylation is 1. The lowest BCUT2D eigenvalue weighted by Gasteiger charge is -2.25. The Morgan fingerprint density at radius 2 is 1.38 bits per heavy atom. The fourth-order valence-electron chi connectivity index (χ4n) is 5.17. The van der Waals surface area contributed by atoms with Crippen LogP contribution < -0.4 is 4.57 Å². The maximum atomic E-state index is 10.7. The van der Waals surface area contributed by atoms with E-state index in [1.807, 2.05) is 0 Å². The second kappa shape index (κ2) is 11.7. The van der Waals surface area contributed by atoms with Crippen LogP contribution in [-0.2, 0) is 23.0 Å². The molecule has 1 unspecified atom stereocenters. The van der Waals surface area contributed by atoms with Crippen LogP contribution in [0.4, 0.5) is 13.2 Å². The van der Waals surface area contributed by atoms with Gasteiger partial charge < -0.3 is 4.55 Å². The molecule has 0 saturated heterocycles. The lowest BCUT2D eigenvalue weighted by atomic mass is 9.83. The van der Waals surface area contributed by atoms with E-state index in [0.29, 0.717) is 6.04 Å². The van der Waals surface area contributed by atoms with Crippen LogP contribution in [0.5, 0.6) is 0 Å². The first-order chi connectivity index (χ1) is 18.5. The summed E-state index contributed by atoms with van der Waals surface area (Å²) in [7, 11) is -6.09. The number of hydrogen-bond donors (Lipinski definition) is 0. The molecule has 39 heavy (non-hydrogen) atoms. The predicted octanol–water partition coefficient (Wildman–Crippen LogP) is 7.49. The molecule has 1 atom stereocenters. The lowest BCUT2D eigenvalue weighted by Crippen LogP contribution is -2.44. The third kappa shape index (κ3) is 6.23. The van der Waals surface area contributed by atoms with Gasteiger partial charge >= 0.3 is 5.51 Å². The van der Waals surface area contributed by atoms with Crippen molar-refractivity contribution >= 4 is 10.1 Å². The van der Waals surface area contributed by atoms with Crippen LogP contribution in [0.2, 0.25) is 0 Å². The van der Waals surface area contributed by atoms with Crippen LogP contribution in [0.15, 0.2) is 91.0 Å². The highest BCUT2D eigenvalue weighted by molar-refractivity contribution is 7.86. The first kappa shape index (κ1) is 28.5. The van der Waals surface area contributed by atoms with Crippen LogP contribution >= 0.6 is 0 Å². The molecule has 3 aromatic carbocycles. The number of halogens is 3. The Kier molecular flexibility index (Phi) is 8.57. The summed E-state index contributed by atoms with van der Waals surface area (Å²) in [6.45, 7) is 4.67. The van der Waals surface area contributed by atoms with E-state index in [4.69, 9.17) is 13.0 Å². The van der Waals surface area contributed by atoms with Crippen LogP contribution in [0.1, 0.15) is 43.9 Å². The third-order valence-electron chi connectivity index (χ3n) is 6.89. The number of fused-ring (bicyclic) bond motifs is 3. The molecule has 8 heteroatoms. The predicted molar refractivity (Wildman–Crippen MR) is 146 cm³/mol. The van der Waals surface area contributed by atoms with E-state index in [0.717, 1.165) is 12.8 Å². The minimum atomic E-state index is -6.09. The normalized spacial score (nSPS) is 13.5. The van der Waals surface area contributed by atoms with Crippen LogP contribution in [0.3, 0.4) is 0 Å². The number of pyridine rings is 1. The highest BCUT2D eigenvalue weighted by Gasteiger charge is 2.37. The van der Waals surface area contributed by atoms with E-state index in [1.54, 1.807) is 0 Å². The van der Waals surface area contributed by atoms with Crippen molar-refractivity contribution in [1.29, 1.82) is 0 Å². The highest BCUT2D eigenvalue weighted by Crippen LogP contribution is 2.40. The Hall–Kier alpha value is -3.49. The van der Waals surface area contributed by atoms with Gasteiger partial charge in [0, 0.05) is 29.2 Å². The van der Waals surface area contributed by atoms with Crippen LogP contribution in [0, 0.1) is 0 Å². The standard InChI is InChI=1S/C30H30N.CHF3O3S/c1-3-12-22(2)31-29(25-16-8-5-9-17-25)21-28(23-13-6-4-7-14-23)27-20-19-24-15-10-11-18-26(24)30(27)31;2-1(3,4)8(5,6)7/h4-11,13-18,21-22H,3,12,19-20H2,1-2H3;(H,5,6,7)/q+1;/p-1. The zero-order valence-electron chi connectivity index (χ0n) is 21.8. The van der Waals surface area contributed by atoms with Crippen molar-refractivity contribution in [1.82, 2.24) is 0 Å². The fraction of sp³-hybridized carbons (Fsp3) is 0.258. The van der Waals surface area contributed by atoms with Crippen LogP contribution in [-0.4, -0.2) is 18.5 Å². The van der Waals surface area contributed by atoms with Crippen molar-refractivity contribution in [2.75, 3.05) is 0 Å². The van der Waals surface area contributed by atoms with Gasteiger partial charge in [-0.05, 0) is 61.1 Å². The topological polar surface area (TPSA) is 61.1 Å². The van der Waals surface area contributed by atoms with Gasteiger partial charge in [0.15, 0.2) is 16.2 Å². The summed E-state index contributed by atoms with van der Waals surface area (Å²) in [4.78, 5) is 0. The molecular weight excluding hydrogens is 523 g/mol.